The van der Waals surface area contributed by atoms with Crippen molar-refractivity contribution in [2.24, 2.45) is 5.41 Å². The predicted molar refractivity (Wildman–Crippen MR) is 66.2 cm³/mol. The van der Waals surface area contributed by atoms with Gasteiger partial charge < -0.3 is 5.32 Å². The fourth-order valence-electron chi connectivity index (χ4n) is 2.79. The standard InChI is InChI=1S/C13H23N3/c1-10(11-8-14-15-9-11)16-12-5-4-6-13(2,3)7-12/h8-10,12,16H,4-7H2,1-3H3,(H,14,15). The topological polar surface area (TPSA) is 40.7 Å². The third-order valence-electron chi connectivity index (χ3n) is 3.71. The molecule has 1 fully saturated rings. The molecule has 1 heterocycles. The molecular weight excluding hydrogens is 198 g/mol. The Morgan fingerprint density at radius 2 is 2.38 bits per heavy atom. The van der Waals surface area contributed by atoms with E-state index in [2.05, 4.69) is 36.3 Å². The lowest BCUT2D eigenvalue weighted by Crippen LogP contribution is -2.38. The molecular formula is C13H23N3. The molecule has 0 amide bonds. The van der Waals surface area contributed by atoms with Crippen LogP contribution in [0.25, 0.3) is 0 Å². The highest BCUT2D eigenvalue weighted by molar-refractivity contribution is 5.08. The van der Waals surface area contributed by atoms with Crippen LogP contribution in [0, 0.1) is 5.41 Å². The lowest BCUT2D eigenvalue weighted by atomic mass is 9.75. The summed E-state index contributed by atoms with van der Waals surface area (Å²) in [5.74, 6) is 0. The van der Waals surface area contributed by atoms with E-state index in [0.29, 0.717) is 17.5 Å². The van der Waals surface area contributed by atoms with Gasteiger partial charge in [0.2, 0.25) is 0 Å². The van der Waals surface area contributed by atoms with E-state index < -0.39 is 0 Å². The minimum absolute atomic E-state index is 0.401. The van der Waals surface area contributed by atoms with Crippen molar-refractivity contribution in [3.8, 4) is 0 Å². The van der Waals surface area contributed by atoms with E-state index in [1.807, 2.05) is 12.4 Å². The van der Waals surface area contributed by atoms with Gasteiger partial charge in [-0.25, -0.2) is 0 Å². The van der Waals surface area contributed by atoms with Gasteiger partial charge in [0, 0.05) is 23.8 Å². The second-order valence-electron chi connectivity index (χ2n) is 5.88. The van der Waals surface area contributed by atoms with Crippen LogP contribution in [0.1, 0.15) is 58.1 Å². The molecule has 0 bridgehead atoms. The van der Waals surface area contributed by atoms with Gasteiger partial charge in [0.15, 0.2) is 0 Å². The number of aromatic amines is 1. The zero-order chi connectivity index (χ0) is 11.6. The Morgan fingerprint density at radius 3 is 3.00 bits per heavy atom. The van der Waals surface area contributed by atoms with Crippen molar-refractivity contribution in [3.63, 3.8) is 0 Å². The summed E-state index contributed by atoms with van der Waals surface area (Å²) >= 11 is 0. The number of hydrogen-bond donors (Lipinski definition) is 2. The smallest absolute Gasteiger partial charge is 0.0534 e. The zero-order valence-electron chi connectivity index (χ0n) is 10.6. The van der Waals surface area contributed by atoms with Gasteiger partial charge in [-0.1, -0.05) is 20.3 Å². The lowest BCUT2D eigenvalue weighted by molar-refractivity contribution is 0.191. The Balaban J connectivity index is 1.90. The Morgan fingerprint density at radius 1 is 1.56 bits per heavy atom. The fraction of sp³-hybridized carbons (Fsp3) is 0.769. The second-order valence-corrected chi connectivity index (χ2v) is 5.88. The molecule has 2 N–H and O–H groups in total. The highest BCUT2D eigenvalue weighted by Gasteiger charge is 2.28. The maximum atomic E-state index is 4.00. The monoisotopic (exact) mass is 221 g/mol. The molecule has 1 saturated carbocycles. The van der Waals surface area contributed by atoms with Crippen LogP contribution in [0.15, 0.2) is 12.4 Å². The third kappa shape index (κ3) is 2.85. The highest BCUT2D eigenvalue weighted by atomic mass is 15.1. The molecule has 2 unspecified atom stereocenters. The van der Waals surface area contributed by atoms with Crippen molar-refractivity contribution < 1.29 is 0 Å². The minimum atomic E-state index is 0.401. The summed E-state index contributed by atoms with van der Waals surface area (Å²) in [7, 11) is 0. The van der Waals surface area contributed by atoms with Gasteiger partial charge in [0.25, 0.3) is 0 Å². The fourth-order valence-corrected chi connectivity index (χ4v) is 2.79. The van der Waals surface area contributed by atoms with Gasteiger partial charge in [-0.2, -0.15) is 5.10 Å². The Bertz CT molecular complexity index is 316. The molecule has 0 radical (unpaired) electrons. The van der Waals surface area contributed by atoms with Crippen LogP contribution in [0.4, 0.5) is 0 Å². The summed E-state index contributed by atoms with van der Waals surface area (Å²) in [6.07, 6.45) is 9.20. The Labute approximate surface area is 98.0 Å². The quantitative estimate of drug-likeness (QED) is 0.823. The molecule has 0 spiro atoms. The van der Waals surface area contributed by atoms with Crippen molar-refractivity contribution in [1.82, 2.24) is 15.5 Å². The van der Waals surface area contributed by atoms with Gasteiger partial charge >= 0.3 is 0 Å². The number of aromatic nitrogens is 2. The van der Waals surface area contributed by atoms with Crippen LogP contribution < -0.4 is 5.32 Å². The summed E-state index contributed by atoms with van der Waals surface area (Å²) in [5.41, 5.74) is 1.76. The van der Waals surface area contributed by atoms with Gasteiger partial charge in [0.05, 0.1) is 6.20 Å². The molecule has 0 aromatic carbocycles. The normalized spacial score (nSPS) is 26.6. The van der Waals surface area contributed by atoms with Gasteiger partial charge in [0.1, 0.15) is 0 Å². The van der Waals surface area contributed by atoms with Crippen molar-refractivity contribution >= 4 is 0 Å². The summed E-state index contributed by atoms with van der Waals surface area (Å²) < 4.78 is 0. The largest absolute Gasteiger partial charge is 0.307 e. The number of rotatable bonds is 3. The molecule has 90 valence electrons. The maximum Gasteiger partial charge on any atom is 0.0534 e. The molecule has 1 aliphatic carbocycles. The van der Waals surface area contributed by atoms with Crippen molar-refractivity contribution in [1.29, 1.82) is 0 Å². The Hall–Kier alpha value is -0.830. The SMILES string of the molecule is CC(NC1CCCC(C)(C)C1)c1cn[nH]c1. The second kappa shape index (κ2) is 4.58. The van der Waals surface area contributed by atoms with E-state index in [1.165, 1.54) is 31.2 Å². The number of H-pyrrole nitrogens is 1. The van der Waals surface area contributed by atoms with Crippen LogP contribution in [0.5, 0.6) is 0 Å². The van der Waals surface area contributed by atoms with E-state index in [4.69, 9.17) is 0 Å². The molecule has 16 heavy (non-hydrogen) atoms. The molecule has 2 atom stereocenters. The minimum Gasteiger partial charge on any atom is -0.307 e. The first-order valence-electron chi connectivity index (χ1n) is 6.31. The Kier molecular flexibility index (Phi) is 3.33. The molecule has 3 heteroatoms. The maximum absolute atomic E-state index is 4.00. The lowest BCUT2D eigenvalue weighted by Gasteiger charge is -2.37. The molecule has 0 aliphatic heterocycles. The number of nitrogens with one attached hydrogen (secondary N) is 2. The summed E-state index contributed by atoms with van der Waals surface area (Å²) in [6.45, 7) is 6.97. The summed E-state index contributed by atoms with van der Waals surface area (Å²) in [6, 6.07) is 1.06. The van der Waals surface area contributed by atoms with Gasteiger partial charge in [-0.3, -0.25) is 5.10 Å². The average molecular weight is 221 g/mol. The van der Waals surface area contributed by atoms with Crippen molar-refractivity contribution in [2.75, 3.05) is 0 Å². The van der Waals surface area contributed by atoms with Crippen LogP contribution in [-0.4, -0.2) is 16.2 Å². The number of hydrogen-bond acceptors (Lipinski definition) is 2. The highest BCUT2D eigenvalue weighted by Crippen LogP contribution is 2.35. The first-order chi connectivity index (χ1) is 7.57. The van der Waals surface area contributed by atoms with E-state index in [0.717, 1.165) is 0 Å². The molecule has 0 saturated heterocycles. The van der Waals surface area contributed by atoms with Crippen molar-refractivity contribution in [3.05, 3.63) is 18.0 Å². The van der Waals surface area contributed by atoms with E-state index in [9.17, 15) is 0 Å². The first-order valence-corrected chi connectivity index (χ1v) is 6.31. The molecule has 1 aromatic rings. The van der Waals surface area contributed by atoms with Crippen LogP contribution in [-0.2, 0) is 0 Å². The molecule has 2 rings (SSSR count). The van der Waals surface area contributed by atoms with E-state index in [1.54, 1.807) is 0 Å². The summed E-state index contributed by atoms with van der Waals surface area (Å²) in [5, 5.41) is 10.6. The van der Waals surface area contributed by atoms with Crippen LogP contribution in [0.2, 0.25) is 0 Å². The third-order valence-corrected chi connectivity index (χ3v) is 3.71. The zero-order valence-corrected chi connectivity index (χ0v) is 10.6. The van der Waals surface area contributed by atoms with Crippen molar-refractivity contribution in [2.45, 2.75) is 58.5 Å². The number of nitrogens with zero attached hydrogens (tertiary/aromatic N) is 1. The molecule has 3 nitrogen and oxygen atoms in total. The van der Waals surface area contributed by atoms with Crippen LogP contribution >= 0.6 is 0 Å². The first kappa shape index (κ1) is 11.6. The van der Waals surface area contributed by atoms with Gasteiger partial charge in [-0.15, -0.1) is 0 Å². The van der Waals surface area contributed by atoms with Crippen LogP contribution in [0.3, 0.4) is 0 Å². The molecule has 1 aromatic heterocycles. The van der Waals surface area contributed by atoms with E-state index in [-0.39, 0.29) is 0 Å². The predicted octanol–water partition coefficient (Wildman–Crippen LogP) is 3.03. The molecule has 1 aliphatic rings. The van der Waals surface area contributed by atoms with Gasteiger partial charge in [-0.05, 0) is 31.6 Å². The summed E-state index contributed by atoms with van der Waals surface area (Å²) in [4.78, 5) is 0. The average Bonchev–Trinajstić information content (AvgIpc) is 2.68. The van der Waals surface area contributed by atoms with E-state index >= 15 is 0 Å².